The number of fused-ring (bicyclic) bond motifs is 1. The van der Waals surface area contributed by atoms with Gasteiger partial charge in [-0.3, -0.25) is 4.79 Å². The van der Waals surface area contributed by atoms with Crippen molar-refractivity contribution >= 4 is 46.2 Å². The first-order valence-corrected chi connectivity index (χ1v) is 9.83. The maximum Gasteiger partial charge on any atom is 0.336 e. The standard InChI is InChI=1S/C24H13Cl2FO4/c25-15-6-4-14(5-7-15)19-13-30-22-12-16(8-9-18(22)24(19)29)31-23(28)11-10-17-20(26)2-1-3-21(17)27/h1-13H/b11-10+. The van der Waals surface area contributed by atoms with Crippen molar-refractivity contribution in [1.29, 1.82) is 0 Å². The van der Waals surface area contributed by atoms with Crippen LogP contribution in [0, 0.1) is 5.82 Å². The van der Waals surface area contributed by atoms with Gasteiger partial charge in [0, 0.05) is 22.7 Å². The molecule has 7 heteroatoms. The summed E-state index contributed by atoms with van der Waals surface area (Å²) in [7, 11) is 0. The Balaban J connectivity index is 1.57. The molecule has 0 unspecified atom stereocenters. The number of halogens is 3. The van der Waals surface area contributed by atoms with Crippen LogP contribution in [-0.2, 0) is 4.79 Å². The highest BCUT2D eigenvalue weighted by molar-refractivity contribution is 6.32. The summed E-state index contributed by atoms with van der Waals surface area (Å²) in [5.74, 6) is -1.12. The minimum atomic E-state index is -0.737. The van der Waals surface area contributed by atoms with Crippen LogP contribution in [0.3, 0.4) is 0 Å². The normalized spacial score (nSPS) is 11.2. The van der Waals surface area contributed by atoms with E-state index in [1.54, 1.807) is 24.3 Å². The minimum Gasteiger partial charge on any atom is -0.463 e. The molecular weight excluding hydrogens is 442 g/mol. The molecule has 0 amide bonds. The van der Waals surface area contributed by atoms with Crippen LogP contribution in [0.15, 0.2) is 82.2 Å². The van der Waals surface area contributed by atoms with Gasteiger partial charge in [0.25, 0.3) is 0 Å². The Bertz CT molecular complexity index is 1350. The predicted octanol–water partition coefficient (Wildman–Crippen LogP) is 6.52. The number of benzene rings is 3. The van der Waals surface area contributed by atoms with Gasteiger partial charge in [-0.15, -0.1) is 0 Å². The number of carbonyl (C=O) groups excluding carboxylic acids is 1. The summed E-state index contributed by atoms with van der Waals surface area (Å²) in [6.07, 6.45) is 3.65. The number of hydrogen-bond donors (Lipinski definition) is 0. The fourth-order valence-corrected chi connectivity index (χ4v) is 3.32. The average molecular weight is 455 g/mol. The van der Waals surface area contributed by atoms with Gasteiger partial charge in [0.1, 0.15) is 23.4 Å². The van der Waals surface area contributed by atoms with Gasteiger partial charge in [-0.05, 0) is 48.0 Å². The lowest BCUT2D eigenvalue weighted by atomic mass is 10.1. The summed E-state index contributed by atoms with van der Waals surface area (Å²) < 4.78 is 24.6. The van der Waals surface area contributed by atoms with Gasteiger partial charge >= 0.3 is 5.97 Å². The molecule has 0 aliphatic heterocycles. The third-order valence-electron chi connectivity index (χ3n) is 4.51. The van der Waals surface area contributed by atoms with Crippen LogP contribution >= 0.6 is 23.2 Å². The maximum absolute atomic E-state index is 13.8. The Morgan fingerprint density at radius 2 is 1.81 bits per heavy atom. The quantitative estimate of drug-likeness (QED) is 0.200. The Morgan fingerprint density at radius 1 is 1.03 bits per heavy atom. The lowest BCUT2D eigenvalue weighted by Gasteiger charge is -2.05. The van der Waals surface area contributed by atoms with Crippen LogP contribution in [-0.4, -0.2) is 5.97 Å². The largest absolute Gasteiger partial charge is 0.463 e. The molecule has 0 N–H and O–H groups in total. The van der Waals surface area contributed by atoms with Gasteiger partial charge in [-0.2, -0.15) is 0 Å². The summed E-state index contributed by atoms with van der Waals surface area (Å²) >= 11 is 11.8. The Kier molecular flexibility index (Phi) is 5.89. The second kappa shape index (κ2) is 8.76. The van der Waals surface area contributed by atoms with E-state index in [0.29, 0.717) is 21.5 Å². The number of ether oxygens (including phenoxy) is 1. The van der Waals surface area contributed by atoms with E-state index in [9.17, 15) is 14.0 Å². The molecule has 0 saturated carbocycles. The van der Waals surface area contributed by atoms with E-state index in [1.165, 1.54) is 48.7 Å². The monoisotopic (exact) mass is 454 g/mol. The zero-order valence-electron chi connectivity index (χ0n) is 15.8. The molecule has 0 saturated heterocycles. The Morgan fingerprint density at radius 3 is 2.55 bits per heavy atom. The second-order valence-corrected chi connectivity index (χ2v) is 7.38. The molecule has 1 heterocycles. The van der Waals surface area contributed by atoms with E-state index < -0.39 is 11.8 Å². The summed E-state index contributed by atoms with van der Waals surface area (Å²) in [6.45, 7) is 0. The van der Waals surface area contributed by atoms with Gasteiger partial charge in [-0.25, -0.2) is 9.18 Å². The van der Waals surface area contributed by atoms with E-state index in [-0.39, 0.29) is 27.3 Å². The van der Waals surface area contributed by atoms with Crippen LogP contribution in [0.5, 0.6) is 5.75 Å². The fraction of sp³-hybridized carbons (Fsp3) is 0. The zero-order chi connectivity index (χ0) is 22.0. The third kappa shape index (κ3) is 4.53. The highest BCUT2D eigenvalue weighted by atomic mass is 35.5. The van der Waals surface area contributed by atoms with Crippen LogP contribution in [0.1, 0.15) is 5.56 Å². The summed E-state index contributed by atoms with van der Waals surface area (Å²) in [6, 6.07) is 15.5. The molecule has 0 fully saturated rings. The lowest BCUT2D eigenvalue weighted by molar-refractivity contribution is -0.128. The van der Waals surface area contributed by atoms with Crippen LogP contribution in [0.2, 0.25) is 10.0 Å². The molecule has 4 nitrogen and oxygen atoms in total. The van der Waals surface area contributed by atoms with Crippen LogP contribution in [0.4, 0.5) is 4.39 Å². The first-order chi connectivity index (χ1) is 14.9. The Hall–Kier alpha value is -3.41. The topological polar surface area (TPSA) is 56.5 Å². The molecule has 3 aromatic carbocycles. The molecule has 0 radical (unpaired) electrons. The van der Waals surface area contributed by atoms with Crippen molar-refractivity contribution in [3.05, 3.63) is 105 Å². The molecule has 0 atom stereocenters. The molecule has 4 rings (SSSR count). The second-order valence-electron chi connectivity index (χ2n) is 6.53. The van der Waals surface area contributed by atoms with E-state index in [4.69, 9.17) is 32.4 Å². The van der Waals surface area contributed by atoms with Gasteiger partial charge in [0.2, 0.25) is 0 Å². The van der Waals surface area contributed by atoms with Crippen molar-refractivity contribution in [2.45, 2.75) is 0 Å². The van der Waals surface area contributed by atoms with Crippen molar-refractivity contribution < 1.29 is 18.3 Å². The summed E-state index contributed by atoms with van der Waals surface area (Å²) in [5.41, 5.74) is 1.18. The molecule has 0 bridgehead atoms. The average Bonchev–Trinajstić information content (AvgIpc) is 2.74. The van der Waals surface area contributed by atoms with Crippen LogP contribution in [0.25, 0.3) is 28.2 Å². The molecule has 4 aromatic rings. The van der Waals surface area contributed by atoms with Gasteiger partial charge in [-0.1, -0.05) is 41.4 Å². The smallest absolute Gasteiger partial charge is 0.336 e. The summed E-state index contributed by atoms with van der Waals surface area (Å²) in [5, 5.41) is 1.07. The molecule has 1 aromatic heterocycles. The highest BCUT2D eigenvalue weighted by Gasteiger charge is 2.11. The van der Waals surface area contributed by atoms with Gasteiger partial charge < -0.3 is 9.15 Å². The highest BCUT2D eigenvalue weighted by Crippen LogP contribution is 2.25. The lowest BCUT2D eigenvalue weighted by Crippen LogP contribution is -2.06. The number of carbonyl (C=O) groups is 1. The molecule has 154 valence electrons. The van der Waals surface area contributed by atoms with Crippen molar-refractivity contribution in [3.8, 4) is 16.9 Å². The first kappa shape index (κ1) is 20.8. The zero-order valence-corrected chi connectivity index (χ0v) is 17.3. The fourth-order valence-electron chi connectivity index (χ4n) is 2.97. The van der Waals surface area contributed by atoms with Gasteiger partial charge in [0.05, 0.1) is 16.0 Å². The minimum absolute atomic E-state index is 0.0837. The van der Waals surface area contributed by atoms with Crippen molar-refractivity contribution in [2.24, 2.45) is 0 Å². The molecule has 0 spiro atoms. The predicted molar refractivity (Wildman–Crippen MR) is 119 cm³/mol. The Labute approximate surface area is 186 Å². The van der Waals surface area contributed by atoms with Crippen molar-refractivity contribution in [1.82, 2.24) is 0 Å². The number of esters is 1. The van der Waals surface area contributed by atoms with E-state index >= 15 is 0 Å². The van der Waals surface area contributed by atoms with Crippen molar-refractivity contribution in [3.63, 3.8) is 0 Å². The molecule has 31 heavy (non-hydrogen) atoms. The molecule has 0 aliphatic carbocycles. The van der Waals surface area contributed by atoms with Gasteiger partial charge in [0.15, 0.2) is 5.43 Å². The molecular formula is C24H13Cl2FO4. The third-order valence-corrected chi connectivity index (χ3v) is 5.09. The van der Waals surface area contributed by atoms with E-state index in [0.717, 1.165) is 6.08 Å². The van der Waals surface area contributed by atoms with E-state index in [2.05, 4.69) is 0 Å². The SMILES string of the molecule is O=C(/C=C/c1c(F)cccc1Cl)Oc1ccc2c(=O)c(-c3ccc(Cl)cc3)coc2c1. The van der Waals surface area contributed by atoms with Crippen LogP contribution < -0.4 is 10.2 Å². The summed E-state index contributed by atoms with van der Waals surface area (Å²) in [4.78, 5) is 24.9. The maximum atomic E-state index is 13.8. The number of rotatable bonds is 4. The first-order valence-electron chi connectivity index (χ1n) is 9.08. The number of hydrogen-bond acceptors (Lipinski definition) is 4. The van der Waals surface area contributed by atoms with Crippen molar-refractivity contribution in [2.75, 3.05) is 0 Å². The molecule has 0 aliphatic rings. The van der Waals surface area contributed by atoms with E-state index in [1.807, 2.05) is 0 Å².